The van der Waals surface area contributed by atoms with Crippen molar-refractivity contribution in [3.05, 3.63) is 31.2 Å². The molecule has 0 saturated carbocycles. The maximum absolute atomic E-state index is 10.4. The van der Waals surface area contributed by atoms with Gasteiger partial charge in [-0.3, -0.25) is 10.1 Å². The molecule has 0 aliphatic heterocycles. The summed E-state index contributed by atoms with van der Waals surface area (Å²) in [6.45, 7) is 0. The molecule has 0 fully saturated rings. The molecule has 0 saturated heterocycles. The average Bonchev–Trinajstić information content (AvgIpc) is 1.82. The summed E-state index contributed by atoms with van der Waals surface area (Å²) < 4.78 is 1.08. The standard InChI is InChI=1S/C6H4Br2N2O2/c7-3-1-4(8)6(10(11)12)5(9)2-3/h1-2H,9H2. The molecule has 4 nitrogen and oxygen atoms in total. The molecule has 0 spiro atoms. The van der Waals surface area contributed by atoms with Gasteiger partial charge in [0.25, 0.3) is 0 Å². The van der Waals surface area contributed by atoms with Crippen LogP contribution in [0.1, 0.15) is 0 Å². The molecule has 0 unspecified atom stereocenters. The van der Waals surface area contributed by atoms with Gasteiger partial charge in [0.1, 0.15) is 5.69 Å². The molecule has 12 heavy (non-hydrogen) atoms. The third-order valence-electron chi connectivity index (χ3n) is 1.24. The van der Waals surface area contributed by atoms with Crippen LogP contribution in [0.2, 0.25) is 0 Å². The second kappa shape index (κ2) is 3.40. The van der Waals surface area contributed by atoms with E-state index in [9.17, 15) is 10.1 Å². The predicted octanol–water partition coefficient (Wildman–Crippen LogP) is 2.70. The maximum atomic E-state index is 10.4. The van der Waals surface area contributed by atoms with Gasteiger partial charge in [-0.05, 0) is 28.1 Å². The van der Waals surface area contributed by atoms with E-state index in [0.717, 1.165) is 0 Å². The molecule has 0 bridgehead atoms. The van der Waals surface area contributed by atoms with Gasteiger partial charge >= 0.3 is 5.69 Å². The molecule has 0 atom stereocenters. The highest BCUT2D eigenvalue weighted by atomic mass is 79.9. The molecular weight excluding hydrogens is 292 g/mol. The molecule has 64 valence electrons. The third kappa shape index (κ3) is 1.75. The van der Waals surface area contributed by atoms with Gasteiger partial charge < -0.3 is 5.73 Å². The third-order valence-corrected chi connectivity index (χ3v) is 2.30. The molecule has 1 aromatic carbocycles. The first-order valence-corrected chi connectivity index (χ1v) is 4.50. The summed E-state index contributed by atoms with van der Waals surface area (Å²) in [4.78, 5) is 9.91. The van der Waals surface area contributed by atoms with Crippen LogP contribution in [-0.2, 0) is 0 Å². The van der Waals surface area contributed by atoms with Gasteiger partial charge in [0.05, 0.1) is 9.40 Å². The van der Waals surface area contributed by atoms with E-state index in [0.29, 0.717) is 8.95 Å². The molecule has 0 aliphatic rings. The Morgan fingerprint density at radius 2 is 2.00 bits per heavy atom. The maximum Gasteiger partial charge on any atom is 0.306 e. The Hall–Kier alpha value is -0.620. The van der Waals surface area contributed by atoms with E-state index in [1.165, 1.54) is 6.07 Å². The molecule has 2 N–H and O–H groups in total. The van der Waals surface area contributed by atoms with Crippen molar-refractivity contribution in [2.45, 2.75) is 0 Å². The van der Waals surface area contributed by atoms with E-state index in [4.69, 9.17) is 5.73 Å². The molecule has 6 heteroatoms. The van der Waals surface area contributed by atoms with Crippen molar-refractivity contribution in [3.63, 3.8) is 0 Å². The van der Waals surface area contributed by atoms with Crippen molar-refractivity contribution in [2.24, 2.45) is 0 Å². The van der Waals surface area contributed by atoms with E-state index >= 15 is 0 Å². The molecule has 0 radical (unpaired) electrons. The highest BCUT2D eigenvalue weighted by molar-refractivity contribution is 9.11. The number of benzene rings is 1. The van der Waals surface area contributed by atoms with E-state index in [1.54, 1.807) is 6.07 Å². The summed E-state index contributed by atoms with van der Waals surface area (Å²) >= 11 is 6.21. The number of nitrogens with zero attached hydrogens (tertiary/aromatic N) is 1. The summed E-state index contributed by atoms with van der Waals surface area (Å²) in [5, 5.41) is 10.4. The Balaban J connectivity index is 3.38. The number of halogens is 2. The number of anilines is 1. The lowest BCUT2D eigenvalue weighted by Gasteiger charge is -1.99. The number of hydrogen-bond acceptors (Lipinski definition) is 3. The minimum Gasteiger partial charge on any atom is -0.393 e. The van der Waals surface area contributed by atoms with E-state index in [-0.39, 0.29) is 11.4 Å². The zero-order valence-electron chi connectivity index (χ0n) is 5.75. The quantitative estimate of drug-likeness (QED) is 0.492. The number of hydrogen-bond donors (Lipinski definition) is 1. The summed E-state index contributed by atoms with van der Waals surface area (Å²) in [5.41, 5.74) is 5.46. The van der Waals surface area contributed by atoms with Crippen molar-refractivity contribution in [2.75, 3.05) is 5.73 Å². The first kappa shape index (κ1) is 9.47. The second-order valence-corrected chi connectivity index (χ2v) is 3.85. The normalized spacial score (nSPS) is 9.83. The van der Waals surface area contributed by atoms with Crippen LogP contribution in [-0.4, -0.2) is 4.92 Å². The molecule has 1 aromatic rings. The fourth-order valence-corrected chi connectivity index (χ4v) is 2.18. The molecule has 1 rings (SSSR count). The Kier molecular flexibility index (Phi) is 2.69. The van der Waals surface area contributed by atoms with Crippen LogP contribution in [0.4, 0.5) is 11.4 Å². The Labute approximate surface area is 85.2 Å². The number of nitro benzene ring substituents is 1. The smallest absolute Gasteiger partial charge is 0.306 e. The summed E-state index contributed by atoms with van der Waals surface area (Å²) in [6.07, 6.45) is 0. The Morgan fingerprint density at radius 1 is 1.42 bits per heavy atom. The van der Waals surface area contributed by atoms with E-state index in [1.807, 2.05) is 0 Å². The van der Waals surface area contributed by atoms with Crippen LogP contribution in [0.15, 0.2) is 21.1 Å². The zero-order valence-corrected chi connectivity index (χ0v) is 8.92. The monoisotopic (exact) mass is 294 g/mol. The minimum absolute atomic E-state index is 0.0989. The highest BCUT2D eigenvalue weighted by Gasteiger charge is 2.16. The van der Waals surface area contributed by atoms with Crippen LogP contribution in [0, 0.1) is 10.1 Å². The molecule has 0 aliphatic carbocycles. The van der Waals surface area contributed by atoms with Gasteiger partial charge in [0.15, 0.2) is 0 Å². The molecular formula is C6H4Br2N2O2. The molecule has 0 heterocycles. The molecule has 0 amide bonds. The van der Waals surface area contributed by atoms with E-state index in [2.05, 4.69) is 31.9 Å². The van der Waals surface area contributed by atoms with Gasteiger partial charge in [0.2, 0.25) is 0 Å². The summed E-state index contributed by atoms with van der Waals surface area (Å²) in [5.74, 6) is 0. The topological polar surface area (TPSA) is 69.2 Å². The zero-order chi connectivity index (χ0) is 9.30. The number of nitrogen functional groups attached to an aromatic ring is 1. The van der Waals surface area contributed by atoms with Crippen molar-refractivity contribution in [1.82, 2.24) is 0 Å². The average molecular weight is 296 g/mol. The van der Waals surface area contributed by atoms with Crippen molar-refractivity contribution in [1.29, 1.82) is 0 Å². The number of rotatable bonds is 1. The van der Waals surface area contributed by atoms with Crippen LogP contribution in [0.5, 0.6) is 0 Å². The van der Waals surface area contributed by atoms with Gasteiger partial charge in [-0.25, -0.2) is 0 Å². The predicted molar refractivity (Wildman–Crippen MR) is 52.9 cm³/mol. The SMILES string of the molecule is Nc1cc(Br)cc(Br)c1[N+](=O)[O-]. The van der Waals surface area contributed by atoms with Crippen LogP contribution in [0.25, 0.3) is 0 Å². The van der Waals surface area contributed by atoms with E-state index < -0.39 is 4.92 Å². The van der Waals surface area contributed by atoms with Crippen LogP contribution in [0.3, 0.4) is 0 Å². The molecule has 0 aromatic heterocycles. The van der Waals surface area contributed by atoms with Crippen molar-refractivity contribution in [3.8, 4) is 0 Å². The first-order chi connectivity index (χ1) is 5.52. The fourth-order valence-electron chi connectivity index (χ4n) is 0.779. The van der Waals surface area contributed by atoms with Crippen LogP contribution >= 0.6 is 31.9 Å². The fraction of sp³-hybridized carbons (Fsp3) is 0. The lowest BCUT2D eigenvalue weighted by molar-refractivity contribution is -0.384. The highest BCUT2D eigenvalue weighted by Crippen LogP contribution is 2.33. The Bertz CT molecular complexity index is 317. The largest absolute Gasteiger partial charge is 0.393 e. The lowest BCUT2D eigenvalue weighted by Crippen LogP contribution is -1.96. The van der Waals surface area contributed by atoms with Crippen LogP contribution < -0.4 is 5.73 Å². The number of nitrogens with two attached hydrogens (primary N) is 1. The second-order valence-electron chi connectivity index (χ2n) is 2.08. The number of nitro groups is 1. The first-order valence-electron chi connectivity index (χ1n) is 2.91. The van der Waals surface area contributed by atoms with Gasteiger partial charge in [-0.1, -0.05) is 15.9 Å². The van der Waals surface area contributed by atoms with Gasteiger partial charge in [-0.15, -0.1) is 0 Å². The van der Waals surface area contributed by atoms with Crippen molar-refractivity contribution >= 4 is 43.2 Å². The minimum atomic E-state index is -0.522. The van der Waals surface area contributed by atoms with Gasteiger partial charge in [0, 0.05) is 4.47 Å². The lowest BCUT2D eigenvalue weighted by atomic mass is 10.3. The van der Waals surface area contributed by atoms with Gasteiger partial charge in [-0.2, -0.15) is 0 Å². The summed E-state index contributed by atoms with van der Waals surface area (Å²) in [7, 11) is 0. The summed E-state index contributed by atoms with van der Waals surface area (Å²) in [6, 6.07) is 3.07. The van der Waals surface area contributed by atoms with Crippen molar-refractivity contribution < 1.29 is 4.92 Å². The Morgan fingerprint density at radius 3 is 2.42 bits per heavy atom.